The number of carbonyl (C=O) groups is 1. The number of likely N-dealkylation sites (tertiary alicyclic amines) is 1. The van der Waals surface area contributed by atoms with E-state index in [9.17, 15) is 18.0 Å². The average Bonchev–Trinajstić information content (AvgIpc) is 3.32. The van der Waals surface area contributed by atoms with Gasteiger partial charge in [0, 0.05) is 18.5 Å². The van der Waals surface area contributed by atoms with E-state index in [-0.39, 0.29) is 24.4 Å². The molecule has 0 saturated carbocycles. The summed E-state index contributed by atoms with van der Waals surface area (Å²) in [4.78, 5) is 26.3. The predicted molar refractivity (Wildman–Crippen MR) is 98.1 cm³/mol. The van der Waals surface area contributed by atoms with Crippen molar-refractivity contribution in [2.45, 2.75) is 17.4 Å². The third-order valence-electron chi connectivity index (χ3n) is 4.74. The Kier molecular flexibility index (Phi) is 4.35. The van der Waals surface area contributed by atoms with Crippen LogP contribution in [0.2, 0.25) is 0 Å². The van der Waals surface area contributed by atoms with Crippen molar-refractivity contribution in [1.29, 1.82) is 0 Å². The van der Waals surface area contributed by atoms with Gasteiger partial charge in [-0.25, -0.2) is 13.2 Å². The first-order valence-electron chi connectivity index (χ1n) is 8.50. The number of benzene rings is 1. The molecule has 2 aromatic heterocycles. The second-order valence-corrected chi connectivity index (χ2v) is 8.81. The zero-order chi connectivity index (χ0) is 19.0. The number of rotatable bonds is 4. The first-order chi connectivity index (χ1) is 12.9. The van der Waals surface area contributed by atoms with Crippen LogP contribution in [-0.2, 0) is 15.6 Å². The summed E-state index contributed by atoms with van der Waals surface area (Å²) in [5.74, 6) is -0.342. The topological polar surface area (TPSA) is 97.8 Å². The van der Waals surface area contributed by atoms with Crippen molar-refractivity contribution in [3.8, 4) is 0 Å². The SMILES string of the molecule is O=C(c1cc2ccccc2oc1=O)N1CC[C@H](S(=O)(=O)Cc2ccco2)C1. The molecule has 1 aliphatic heterocycles. The van der Waals surface area contributed by atoms with Crippen molar-refractivity contribution in [3.63, 3.8) is 0 Å². The van der Waals surface area contributed by atoms with Gasteiger partial charge in [-0.3, -0.25) is 4.79 Å². The maximum Gasteiger partial charge on any atom is 0.349 e. The van der Waals surface area contributed by atoms with Crippen molar-refractivity contribution in [2.75, 3.05) is 13.1 Å². The molecule has 1 aliphatic rings. The molecule has 1 fully saturated rings. The smallest absolute Gasteiger partial charge is 0.349 e. The first-order valence-corrected chi connectivity index (χ1v) is 10.2. The number of para-hydroxylation sites is 1. The van der Waals surface area contributed by atoms with Crippen LogP contribution in [0.3, 0.4) is 0 Å². The highest BCUT2D eigenvalue weighted by molar-refractivity contribution is 7.91. The molecule has 4 rings (SSSR count). The summed E-state index contributed by atoms with van der Waals surface area (Å²) < 4.78 is 35.5. The first kappa shape index (κ1) is 17.5. The third kappa shape index (κ3) is 3.40. The average molecular weight is 387 g/mol. The quantitative estimate of drug-likeness (QED) is 0.637. The molecule has 0 radical (unpaired) electrons. The fraction of sp³-hybridized carbons (Fsp3) is 0.263. The van der Waals surface area contributed by atoms with E-state index in [1.165, 1.54) is 17.2 Å². The van der Waals surface area contributed by atoms with Crippen molar-refractivity contribution in [3.05, 3.63) is 70.5 Å². The Bertz CT molecular complexity index is 1150. The van der Waals surface area contributed by atoms with Crippen LogP contribution in [0.25, 0.3) is 11.0 Å². The summed E-state index contributed by atoms with van der Waals surface area (Å²) in [5.41, 5.74) is -0.405. The predicted octanol–water partition coefficient (Wildman–Crippen LogP) is 2.22. The van der Waals surface area contributed by atoms with Gasteiger partial charge in [0.25, 0.3) is 5.91 Å². The maximum absolute atomic E-state index is 12.8. The zero-order valence-corrected chi connectivity index (χ0v) is 15.1. The maximum atomic E-state index is 12.8. The van der Waals surface area contributed by atoms with Gasteiger partial charge in [0.2, 0.25) is 0 Å². The second kappa shape index (κ2) is 6.70. The number of sulfone groups is 1. The molecular formula is C19H17NO6S. The Hall–Kier alpha value is -2.87. The van der Waals surface area contributed by atoms with Crippen molar-refractivity contribution in [1.82, 2.24) is 4.90 Å². The highest BCUT2D eigenvalue weighted by Crippen LogP contribution is 2.23. The standard InChI is InChI=1S/C19H17NO6S/c21-18(16-10-13-4-1-2-6-17(13)26-19(16)22)20-8-7-15(11-20)27(23,24)12-14-5-3-9-25-14/h1-6,9-10,15H,7-8,11-12H2/t15-/m0/s1. The lowest BCUT2D eigenvalue weighted by Crippen LogP contribution is -2.34. The molecule has 1 saturated heterocycles. The Morgan fingerprint density at radius 1 is 1.19 bits per heavy atom. The van der Waals surface area contributed by atoms with Crippen LogP contribution in [0.5, 0.6) is 0 Å². The minimum absolute atomic E-state index is 0.0497. The fourth-order valence-electron chi connectivity index (χ4n) is 3.30. The zero-order valence-electron chi connectivity index (χ0n) is 14.3. The van der Waals surface area contributed by atoms with Crippen LogP contribution in [-0.4, -0.2) is 37.6 Å². The van der Waals surface area contributed by atoms with Crippen LogP contribution in [0, 0.1) is 0 Å². The molecule has 7 nitrogen and oxygen atoms in total. The molecule has 140 valence electrons. The molecule has 1 amide bonds. The Morgan fingerprint density at radius 3 is 2.78 bits per heavy atom. The summed E-state index contributed by atoms with van der Waals surface area (Å²) in [6, 6.07) is 11.7. The van der Waals surface area contributed by atoms with E-state index in [1.54, 1.807) is 36.4 Å². The number of carbonyl (C=O) groups excluding carboxylic acids is 1. The van der Waals surface area contributed by atoms with Gasteiger partial charge in [-0.2, -0.15) is 0 Å². The van der Waals surface area contributed by atoms with Crippen molar-refractivity contribution < 1.29 is 22.0 Å². The van der Waals surface area contributed by atoms with E-state index in [4.69, 9.17) is 8.83 Å². The van der Waals surface area contributed by atoms with Gasteiger partial charge in [0.1, 0.15) is 22.7 Å². The van der Waals surface area contributed by atoms with E-state index < -0.39 is 26.6 Å². The van der Waals surface area contributed by atoms with Crippen LogP contribution in [0.4, 0.5) is 0 Å². The highest BCUT2D eigenvalue weighted by atomic mass is 32.2. The van der Waals surface area contributed by atoms with E-state index >= 15 is 0 Å². The molecule has 0 bridgehead atoms. The van der Waals surface area contributed by atoms with Crippen LogP contribution < -0.4 is 5.63 Å². The van der Waals surface area contributed by atoms with E-state index in [2.05, 4.69) is 0 Å². The Balaban J connectivity index is 1.54. The molecule has 0 aliphatic carbocycles. The van der Waals surface area contributed by atoms with Gasteiger partial charge in [0.05, 0.1) is 11.5 Å². The van der Waals surface area contributed by atoms with Gasteiger partial charge in [0.15, 0.2) is 9.84 Å². The molecule has 27 heavy (non-hydrogen) atoms. The summed E-state index contributed by atoms with van der Waals surface area (Å²) in [6.07, 6.45) is 1.75. The fourth-order valence-corrected chi connectivity index (χ4v) is 4.97. The summed E-state index contributed by atoms with van der Waals surface area (Å²) in [6.45, 7) is 0.321. The van der Waals surface area contributed by atoms with E-state index in [0.29, 0.717) is 23.2 Å². The molecule has 8 heteroatoms. The van der Waals surface area contributed by atoms with Crippen LogP contribution >= 0.6 is 0 Å². The molecule has 0 N–H and O–H groups in total. The Morgan fingerprint density at radius 2 is 2.00 bits per heavy atom. The molecule has 3 heterocycles. The second-order valence-electron chi connectivity index (χ2n) is 6.53. The van der Waals surface area contributed by atoms with E-state index in [1.807, 2.05) is 0 Å². The molecule has 0 unspecified atom stereocenters. The lowest BCUT2D eigenvalue weighted by atomic mass is 10.1. The number of fused-ring (bicyclic) bond motifs is 1. The summed E-state index contributed by atoms with van der Waals surface area (Å²) in [7, 11) is -3.47. The Labute approximate surface area is 155 Å². The monoisotopic (exact) mass is 387 g/mol. The lowest BCUT2D eigenvalue weighted by Gasteiger charge is -2.16. The minimum Gasteiger partial charge on any atom is -0.468 e. The third-order valence-corrected chi connectivity index (χ3v) is 6.82. The van der Waals surface area contributed by atoms with Gasteiger partial charge < -0.3 is 13.7 Å². The summed E-state index contributed by atoms with van der Waals surface area (Å²) >= 11 is 0. The van der Waals surface area contributed by atoms with Gasteiger partial charge in [-0.05, 0) is 30.7 Å². The number of furan rings is 1. The van der Waals surface area contributed by atoms with Gasteiger partial charge >= 0.3 is 5.63 Å². The molecular weight excluding hydrogens is 370 g/mol. The summed E-state index contributed by atoms with van der Waals surface area (Å²) in [5, 5.41) is -0.0410. The largest absolute Gasteiger partial charge is 0.468 e. The van der Waals surface area contributed by atoms with Crippen molar-refractivity contribution >= 4 is 26.7 Å². The minimum atomic E-state index is -3.47. The lowest BCUT2D eigenvalue weighted by molar-refractivity contribution is 0.0789. The van der Waals surface area contributed by atoms with Crippen LogP contribution in [0.15, 0.2) is 62.4 Å². The molecule has 0 spiro atoms. The van der Waals surface area contributed by atoms with Crippen LogP contribution in [0.1, 0.15) is 22.5 Å². The molecule has 1 aromatic carbocycles. The molecule has 3 aromatic rings. The van der Waals surface area contributed by atoms with Crippen molar-refractivity contribution in [2.24, 2.45) is 0 Å². The number of hydrogen-bond acceptors (Lipinski definition) is 6. The normalized spacial score (nSPS) is 17.5. The number of hydrogen-bond donors (Lipinski definition) is 0. The molecule has 1 atom stereocenters. The van der Waals surface area contributed by atoms with E-state index in [0.717, 1.165) is 0 Å². The van der Waals surface area contributed by atoms with Gasteiger partial charge in [-0.15, -0.1) is 0 Å². The van der Waals surface area contributed by atoms with Gasteiger partial charge in [-0.1, -0.05) is 18.2 Å². The number of amides is 1. The highest BCUT2D eigenvalue weighted by Gasteiger charge is 2.36. The number of nitrogens with zero attached hydrogens (tertiary/aromatic N) is 1.